The predicted molar refractivity (Wildman–Crippen MR) is 88.9 cm³/mol. The molecule has 0 atom stereocenters. The van der Waals surface area contributed by atoms with Crippen molar-refractivity contribution >= 4 is 52.9 Å². The summed E-state index contributed by atoms with van der Waals surface area (Å²) < 4.78 is 27.9. The Labute approximate surface area is 139 Å². The number of nitrogens with zero attached hydrogens (tertiary/aromatic N) is 2. The standard InChI is InChI=1S/C14H10Br2N2O2S/c1-9-5-7-10(8-6-9)21(19,20)18-13-11(15)3-2-4-12(13)17-14(18)16/h2-8H,1H3. The highest BCUT2D eigenvalue weighted by Crippen LogP contribution is 2.31. The van der Waals surface area contributed by atoms with E-state index in [9.17, 15) is 8.42 Å². The number of aromatic nitrogens is 2. The number of aryl methyl sites for hydroxylation is 1. The number of hydrogen-bond acceptors (Lipinski definition) is 3. The zero-order chi connectivity index (χ0) is 15.2. The van der Waals surface area contributed by atoms with E-state index in [1.54, 1.807) is 36.4 Å². The van der Waals surface area contributed by atoms with Crippen molar-refractivity contribution in [1.29, 1.82) is 0 Å². The molecular formula is C14H10Br2N2O2S. The van der Waals surface area contributed by atoms with E-state index < -0.39 is 10.0 Å². The quantitative estimate of drug-likeness (QED) is 0.615. The fourth-order valence-electron chi connectivity index (χ4n) is 2.07. The van der Waals surface area contributed by atoms with Gasteiger partial charge in [-0.1, -0.05) is 23.8 Å². The number of benzene rings is 2. The van der Waals surface area contributed by atoms with Crippen LogP contribution in [0.2, 0.25) is 0 Å². The van der Waals surface area contributed by atoms with E-state index in [4.69, 9.17) is 0 Å². The Bertz CT molecular complexity index is 932. The van der Waals surface area contributed by atoms with Gasteiger partial charge in [-0.25, -0.2) is 17.4 Å². The van der Waals surface area contributed by atoms with E-state index in [1.165, 1.54) is 3.97 Å². The van der Waals surface area contributed by atoms with Crippen LogP contribution in [0, 0.1) is 6.92 Å². The molecule has 1 heterocycles. The van der Waals surface area contributed by atoms with E-state index >= 15 is 0 Å². The minimum Gasteiger partial charge on any atom is -0.221 e. The van der Waals surface area contributed by atoms with E-state index in [2.05, 4.69) is 36.8 Å². The predicted octanol–water partition coefficient (Wildman–Crippen LogP) is 4.11. The topological polar surface area (TPSA) is 52.0 Å². The third kappa shape index (κ3) is 2.43. The normalized spacial score (nSPS) is 12.0. The SMILES string of the molecule is Cc1ccc(S(=O)(=O)n2c(Br)nc3cccc(Br)c32)cc1. The first-order valence-corrected chi connectivity index (χ1v) is 9.08. The van der Waals surface area contributed by atoms with Crippen LogP contribution in [0.5, 0.6) is 0 Å². The van der Waals surface area contributed by atoms with Crippen LogP contribution in [-0.2, 0) is 10.0 Å². The zero-order valence-electron chi connectivity index (χ0n) is 10.9. The van der Waals surface area contributed by atoms with E-state index in [0.29, 0.717) is 15.5 Å². The molecule has 0 bridgehead atoms. The second kappa shape index (κ2) is 5.23. The van der Waals surface area contributed by atoms with Gasteiger partial charge in [0.15, 0.2) is 4.73 Å². The number of hydrogen-bond donors (Lipinski definition) is 0. The van der Waals surface area contributed by atoms with Crippen molar-refractivity contribution in [2.75, 3.05) is 0 Å². The first kappa shape index (κ1) is 14.7. The molecule has 2 aromatic carbocycles. The minimum atomic E-state index is -3.71. The number of halogens is 2. The average molecular weight is 430 g/mol. The number of rotatable bonds is 2. The van der Waals surface area contributed by atoms with Crippen LogP contribution >= 0.6 is 31.9 Å². The van der Waals surface area contributed by atoms with E-state index in [-0.39, 0.29) is 9.63 Å². The van der Waals surface area contributed by atoms with Gasteiger partial charge in [-0.15, -0.1) is 0 Å². The molecule has 0 N–H and O–H groups in total. The zero-order valence-corrected chi connectivity index (χ0v) is 14.9. The number of fused-ring (bicyclic) bond motifs is 1. The molecule has 1 aromatic heterocycles. The molecule has 4 nitrogen and oxygen atoms in total. The van der Waals surface area contributed by atoms with Gasteiger partial charge in [-0.05, 0) is 63.0 Å². The van der Waals surface area contributed by atoms with Crippen molar-refractivity contribution in [1.82, 2.24) is 8.96 Å². The molecule has 0 spiro atoms. The van der Waals surface area contributed by atoms with Crippen LogP contribution in [-0.4, -0.2) is 17.4 Å². The van der Waals surface area contributed by atoms with Gasteiger partial charge < -0.3 is 0 Å². The third-order valence-electron chi connectivity index (χ3n) is 3.11. The summed E-state index contributed by atoms with van der Waals surface area (Å²) in [4.78, 5) is 4.48. The van der Waals surface area contributed by atoms with E-state index in [0.717, 1.165) is 5.56 Å². The van der Waals surface area contributed by atoms with Gasteiger partial charge in [0.25, 0.3) is 10.0 Å². The Morgan fingerprint density at radius 3 is 2.38 bits per heavy atom. The summed E-state index contributed by atoms with van der Waals surface area (Å²) in [5, 5.41) is 0. The lowest BCUT2D eigenvalue weighted by atomic mass is 10.2. The van der Waals surface area contributed by atoms with Gasteiger partial charge in [-0.3, -0.25) is 0 Å². The molecular weight excluding hydrogens is 420 g/mol. The maximum absolute atomic E-state index is 12.9. The first-order chi connectivity index (χ1) is 9.91. The van der Waals surface area contributed by atoms with Gasteiger partial charge >= 0.3 is 0 Å². The molecule has 0 fully saturated rings. The van der Waals surface area contributed by atoms with Crippen LogP contribution in [0.4, 0.5) is 0 Å². The average Bonchev–Trinajstić information content (AvgIpc) is 2.77. The summed E-state index contributed by atoms with van der Waals surface area (Å²) in [6, 6.07) is 12.1. The summed E-state index contributed by atoms with van der Waals surface area (Å²) in [5.74, 6) is 0. The smallest absolute Gasteiger partial charge is 0.221 e. The molecule has 21 heavy (non-hydrogen) atoms. The van der Waals surface area contributed by atoms with Crippen LogP contribution in [0.1, 0.15) is 5.56 Å². The fourth-order valence-corrected chi connectivity index (χ4v) is 5.02. The Morgan fingerprint density at radius 2 is 1.71 bits per heavy atom. The Balaban J connectivity index is 2.34. The van der Waals surface area contributed by atoms with Crippen molar-refractivity contribution in [2.24, 2.45) is 0 Å². The largest absolute Gasteiger partial charge is 0.270 e. The molecule has 0 radical (unpaired) electrons. The lowest BCUT2D eigenvalue weighted by molar-refractivity contribution is 0.587. The number of imidazole rings is 1. The first-order valence-electron chi connectivity index (χ1n) is 6.06. The lowest BCUT2D eigenvalue weighted by Gasteiger charge is -2.09. The van der Waals surface area contributed by atoms with Gasteiger partial charge in [0.05, 0.1) is 15.9 Å². The highest BCUT2D eigenvalue weighted by atomic mass is 79.9. The van der Waals surface area contributed by atoms with Gasteiger partial charge in [0.1, 0.15) is 0 Å². The lowest BCUT2D eigenvalue weighted by Crippen LogP contribution is -2.13. The summed E-state index contributed by atoms with van der Waals surface area (Å²) in [6.07, 6.45) is 0. The molecule has 0 aliphatic carbocycles. The molecule has 0 saturated carbocycles. The Morgan fingerprint density at radius 1 is 1.05 bits per heavy atom. The molecule has 0 aliphatic heterocycles. The van der Waals surface area contributed by atoms with Gasteiger partial charge in [0, 0.05) is 4.47 Å². The monoisotopic (exact) mass is 428 g/mol. The molecule has 0 aliphatic rings. The van der Waals surface area contributed by atoms with Crippen molar-refractivity contribution < 1.29 is 8.42 Å². The van der Waals surface area contributed by atoms with Crippen LogP contribution in [0.25, 0.3) is 11.0 Å². The van der Waals surface area contributed by atoms with Crippen LogP contribution in [0.3, 0.4) is 0 Å². The highest BCUT2D eigenvalue weighted by Gasteiger charge is 2.24. The summed E-state index contributed by atoms with van der Waals surface area (Å²) >= 11 is 6.63. The molecule has 3 aromatic rings. The van der Waals surface area contributed by atoms with Gasteiger partial charge in [0.2, 0.25) is 0 Å². The maximum Gasteiger partial charge on any atom is 0.270 e. The molecule has 108 valence electrons. The van der Waals surface area contributed by atoms with Crippen LogP contribution < -0.4 is 0 Å². The number of para-hydroxylation sites is 1. The summed E-state index contributed by atoms with van der Waals surface area (Å²) in [5.41, 5.74) is 2.13. The summed E-state index contributed by atoms with van der Waals surface area (Å²) in [7, 11) is -3.71. The minimum absolute atomic E-state index is 0.226. The molecule has 0 saturated heterocycles. The van der Waals surface area contributed by atoms with Crippen molar-refractivity contribution in [3.05, 3.63) is 57.2 Å². The molecule has 7 heteroatoms. The van der Waals surface area contributed by atoms with Crippen LogP contribution in [0.15, 0.2) is 56.6 Å². The second-order valence-electron chi connectivity index (χ2n) is 4.57. The van der Waals surface area contributed by atoms with Crippen molar-refractivity contribution in [3.8, 4) is 0 Å². The Hall–Kier alpha value is -1.18. The maximum atomic E-state index is 12.9. The molecule has 0 unspecified atom stereocenters. The summed E-state index contributed by atoms with van der Waals surface area (Å²) in [6.45, 7) is 1.91. The molecule has 0 amide bonds. The van der Waals surface area contributed by atoms with E-state index in [1.807, 2.05) is 13.0 Å². The highest BCUT2D eigenvalue weighted by molar-refractivity contribution is 9.11. The third-order valence-corrected chi connectivity index (χ3v) is 6.22. The van der Waals surface area contributed by atoms with Crippen molar-refractivity contribution in [3.63, 3.8) is 0 Å². The fraction of sp³-hybridized carbons (Fsp3) is 0.0714. The Kier molecular flexibility index (Phi) is 3.67. The van der Waals surface area contributed by atoms with Crippen molar-refractivity contribution in [2.45, 2.75) is 11.8 Å². The second-order valence-corrected chi connectivity index (χ2v) is 7.92. The molecule has 3 rings (SSSR count). The van der Waals surface area contributed by atoms with Gasteiger partial charge in [-0.2, -0.15) is 0 Å².